The van der Waals surface area contributed by atoms with Crippen LogP contribution in [0.25, 0.3) is 11.4 Å². The van der Waals surface area contributed by atoms with Crippen molar-refractivity contribution in [1.82, 2.24) is 28.7 Å². The lowest BCUT2D eigenvalue weighted by molar-refractivity contribution is -0.137. The second-order valence-electron chi connectivity index (χ2n) is 10.7. The third kappa shape index (κ3) is 5.73. The molecule has 0 spiro atoms. The normalized spacial score (nSPS) is 15.2. The quantitative estimate of drug-likeness (QED) is 0.299. The first-order valence-corrected chi connectivity index (χ1v) is 14.6. The van der Waals surface area contributed by atoms with E-state index in [0.717, 1.165) is 29.5 Å². The molecule has 5 heterocycles. The van der Waals surface area contributed by atoms with Crippen molar-refractivity contribution >= 4 is 46.0 Å². The van der Waals surface area contributed by atoms with Gasteiger partial charge in [-0.05, 0) is 36.6 Å². The number of benzene rings is 1. The van der Waals surface area contributed by atoms with E-state index in [1.165, 1.54) is 11.4 Å². The number of fused-ring (bicyclic) bond motifs is 2. The Labute approximate surface area is 259 Å². The van der Waals surface area contributed by atoms with Crippen LogP contribution in [0.1, 0.15) is 53.7 Å². The topological polar surface area (TPSA) is 129 Å². The molecule has 0 aliphatic carbocycles. The number of nitrogens with zero attached hydrogens (tertiary/aromatic N) is 7. The molecule has 236 valence electrons. The van der Waals surface area contributed by atoms with Crippen LogP contribution in [-0.2, 0) is 41.8 Å². The number of ketones is 1. The molecule has 4 aromatic rings. The molecule has 2 aliphatic rings. The Bertz CT molecular complexity index is 1930. The van der Waals surface area contributed by atoms with Crippen molar-refractivity contribution in [1.29, 1.82) is 0 Å². The zero-order valence-electron chi connectivity index (χ0n) is 24.3. The van der Waals surface area contributed by atoms with Crippen molar-refractivity contribution < 1.29 is 27.5 Å². The summed E-state index contributed by atoms with van der Waals surface area (Å²) in [6, 6.07) is 2.67. The highest BCUT2D eigenvalue weighted by Gasteiger charge is 2.32. The van der Waals surface area contributed by atoms with Gasteiger partial charge in [0.25, 0.3) is 5.56 Å². The summed E-state index contributed by atoms with van der Waals surface area (Å²) in [6.07, 6.45) is -0.266. The van der Waals surface area contributed by atoms with E-state index in [-0.39, 0.29) is 35.4 Å². The van der Waals surface area contributed by atoms with Crippen LogP contribution in [0.5, 0.6) is 0 Å². The molecule has 0 unspecified atom stereocenters. The van der Waals surface area contributed by atoms with Gasteiger partial charge in [-0.2, -0.15) is 22.7 Å². The molecule has 1 amide bonds. The number of nitrogens with one attached hydrogen (secondary N) is 1. The fourth-order valence-corrected chi connectivity index (χ4v) is 5.90. The number of aromatic nitrogens is 6. The minimum atomic E-state index is -4.59. The van der Waals surface area contributed by atoms with E-state index in [1.807, 2.05) is 22.5 Å². The number of carbonyl (C=O) groups excluding carboxylic acids is 2. The zero-order chi connectivity index (χ0) is 32.0. The number of ether oxygens (including phenoxy) is 1. The molecule has 0 saturated carbocycles. The zero-order valence-corrected chi connectivity index (χ0v) is 25.1. The number of Topliss-reactive ketones (excluding diaryl/α,β-unsaturated/α-hetero) is 1. The molecule has 0 atom stereocenters. The smallest absolute Gasteiger partial charge is 0.377 e. The number of alkyl halides is 3. The Morgan fingerprint density at radius 3 is 2.67 bits per heavy atom. The summed E-state index contributed by atoms with van der Waals surface area (Å²) in [7, 11) is 0. The number of carbonyl (C=O) groups is 2. The number of hydrogen-bond donors (Lipinski definition) is 1. The largest absolute Gasteiger partial charge is 0.416 e. The van der Waals surface area contributed by atoms with E-state index in [9.17, 15) is 27.6 Å². The number of halogens is 4. The van der Waals surface area contributed by atoms with E-state index < -0.39 is 23.2 Å². The molecule has 16 heteroatoms. The first-order valence-electron chi connectivity index (χ1n) is 14.2. The predicted octanol–water partition coefficient (Wildman–Crippen LogP) is 3.99. The lowest BCUT2D eigenvalue weighted by Crippen LogP contribution is -2.40. The first-order chi connectivity index (χ1) is 21.5. The molecule has 6 rings (SSSR count). The van der Waals surface area contributed by atoms with Gasteiger partial charge in [-0.3, -0.25) is 14.4 Å². The van der Waals surface area contributed by atoms with Crippen LogP contribution in [0, 0.1) is 0 Å². The van der Waals surface area contributed by atoms with E-state index in [1.54, 1.807) is 10.8 Å². The molecule has 2 aliphatic heterocycles. The maximum atomic E-state index is 14.1. The summed E-state index contributed by atoms with van der Waals surface area (Å²) < 4.78 is 49.4. The summed E-state index contributed by atoms with van der Waals surface area (Å²) in [6.45, 7) is 4.88. The van der Waals surface area contributed by atoms with Crippen LogP contribution >= 0.6 is 11.6 Å². The van der Waals surface area contributed by atoms with E-state index in [4.69, 9.17) is 16.3 Å². The molecule has 0 bridgehead atoms. The maximum Gasteiger partial charge on any atom is 0.416 e. The van der Waals surface area contributed by atoms with E-state index >= 15 is 0 Å². The highest BCUT2D eigenvalue weighted by atomic mass is 35.5. The van der Waals surface area contributed by atoms with Crippen LogP contribution < -0.4 is 15.8 Å². The maximum absolute atomic E-state index is 14.1. The van der Waals surface area contributed by atoms with E-state index in [2.05, 4.69) is 20.4 Å². The van der Waals surface area contributed by atoms with Crippen molar-refractivity contribution in [2.45, 2.75) is 52.5 Å². The van der Waals surface area contributed by atoms with Gasteiger partial charge in [-0.25, -0.2) is 4.98 Å². The Morgan fingerprint density at radius 1 is 1.20 bits per heavy atom. The van der Waals surface area contributed by atoms with Gasteiger partial charge in [0.2, 0.25) is 11.7 Å². The SMILES string of the molecule is CCc1c(N2CCn3c(cnc3C(C)=O)C2)c(=O)n2nc(C3=CCOCC3)nc2n1CC(=O)Nc1ccc(C(F)(F)F)cc1Cl. The van der Waals surface area contributed by atoms with Gasteiger partial charge in [0.05, 0.1) is 53.6 Å². The second-order valence-corrected chi connectivity index (χ2v) is 11.1. The molecule has 3 aromatic heterocycles. The minimum absolute atomic E-state index is 0.00471. The fourth-order valence-electron chi connectivity index (χ4n) is 5.68. The molecular weight excluding hydrogens is 617 g/mol. The molecule has 12 nitrogen and oxygen atoms in total. The molecular formula is C29H28ClF3N8O4. The molecule has 0 radical (unpaired) electrons. The van der Waals surface area contributed by atoms with Gasteiger partial charge in [0.1, 0.15) is 12.2 Å². The molecule has 1 aromatic carbocycles. The Morgan fingerprint density at radius 2 is 2.00 bits per heavy atom. The van der Waals surface area contributed by atoms with Gasteiger partial charge in [0.15, 0.2) is 17.4 Å². The number of rotatable bonds is 7. The monoisotopic (exact) mass is 644 g/mol. The standard InChI is InChI=1S/C29H28ClF3N8O4/c1-3-22-24(38-8-9-39-19(14-38)13-34-26(39)16(2)42)27(44)41-28(36-25(37-41)17-6-10-45-11-7-17)40(22)15-23(43)35-21-5-4-18(12-20(21)30)29(31,32)33/h4-6,12-13H,3,7-11,14-15H2,1-2H3,(H,35,43). The van der Waals surface area contributed by atoms with Crippen LogP contribution in [0.3, 0.4) is 0 Å². The van der Waals surface area contributed by atoms with E-state index in [0.29, 0.717) is 62.2 Å². The summed E-state index contributed by atoms with van der Waals surface area (Å²) in [5, 5.41) is 6.85. The summed E-state index contributed by atoms with van der Waals surface area (Å²) >= 11 is 6.09. The van der Waals surface area contributed by atoms with Crippen molar-refractivity contribution in [3.05, 3.63) is 74.4 Å². The summed E-state index contributed by atoms with van der Waals surface area (Å²) in [4.78, 5) is 50.3. The molecule has 0 fully saturated rings. The van der Waals surface area contributed by atoms with Crippen molar-refractivity contribution in [2.24, 2.45) is 0 Å². The highest BCUT2D eigenvalue weighted by Crippen LogP contribution is 2.34. The van der Waals surface area contributed by atoms with Gasteiger partial charge in [-0.15, -0.1) is 5.10 Å². The van der Waals surface area contributed by atoms with Gasteiger partial charge in [-0.1, -0.05) is 24.6 Å². The van der Waals surface area contributed by atoms with Crippen LogP contribution in [-0.4, -0.2) is 60.2 Å². The summed E-state index contributed by atoms with van der Waals surface area (Å²) in [5.41, 5.74) is 1.03. The van der Waals surface area contributed by atoms with Crippen molar-refractivity contribution in [3.63, 3.8) is 0 Å². The number of amides is 1. The Balaban J connectivity index is 1.42. The lowest BCUT2D eigenvalue weighted by Gasteiger charge is -2.32. The summed E-state index contributed by atoms with van der Waals surface area (Å²) in [5.74, 6) is 0.0531. The van der Waals surface area contributed by atoms with Crippen LogP contribution in [0.4, 0.5) is 24.5 Å². The van der Waals surface area contributed by atoms with Crippen LogP contribution in [0.2, 0.25) is 5.02 Å². The first kappa shape index (κ1) is 30.5. The average Bonchev–Trinajstić information content (AvgIpc) is 3.64. The highest BCUT2D eigenvalue weighted by molar-refractivity contribution is 6.33. The third-order valence-corrected chi connectivity index (χ3v) is 8.11. The number of imidazole rings is 1. The number of hydrogen-bond acceptors (Lipinski definition) is 8. The fraction of sp³-hybridized carbons (Fsp3) is 0.379. The average molecular weight is 645 g/mol. The van der Waals surface area contributed by atoms with Gasteiger partial charge >= 0.3 is 6.18 Å². The molecule has 0 saturated heterocycles. The predicted molar refractivity (Wildman–Crippen MR) is 158 cm³/mol. The van der Waals surface area contributed by atoms with Gasteiger partial charge in [0, 0.05) is 20.0 Å². The van der Waals surface area contributed by atoms with Crippen molar-refractivity contribution in [3.8, 4) is 0 Å². The Kier molecular flexibility index (Phi) is 7.99. The lowest BCUT2D eigenvalue weighted by atomic mass is 10.1. The van der Waals surface area contributed by atoms with Gasteiger partial charge < -0.3 is 24.1 Å². The molecule has 1 N–H and O–H groups in total. The molecule has 45 heavy (non-hydrogen) atoms. The van der Waals surface area contributed by atoms with Crippen molar-refractivity contribution in [2.75, 3.05) is 30.0 Å². The third-order valence-electron chi connectivity index (χ3n) is 7.80. The van der Waals surface area contributed by atoms with Crippen LogP contribution in [0.15, 0.2) is 35.3 Å². The Hall–Kier alpha value is -4.50. The second kappa shape index (κ2) is 11.8. The minimum Gasteiger partial charge on any atom is -0.377 e. The number of anilines is 2.